The lowest BCUT2D eigenvalue weighted by molar-refractivity contribution is 1.17. The van der Waals surface area contributed by atoms with Gasteiger partial charge < -0.3 is 5.32 Å². The first kappa shape index (κ1) is 13.2. The average Bonchev–Trinajstić information content (AvgIpc) is 2.81. The topological polar surface area (TPSA) is 12.0 Å². The highest BCUT2D eigenvalue weighted by molar-refractivity contribution is 7.99. The Balaban J connectivity index is 2.01. The minimum Gasteiger partial charge on any atom is -0.379 e. The molecule has 0 aliphatic heterocycles. The standard InChI is InChI=1S/C15H17NS2/c1-3-10-17-15-7-5-4-6-14(15)16-11-13-9-8-12(2)18-13/h3-9,16H,1,10-11H2,2H3. The molecule has 0 saturated heterocycles. The Morgan fingerprint density at radius 3 is 2.83 bits per heavy atom. The van der Waals surface area contributed by atoms with Gasteiger partial charge in [-0.25, -0.2) is 0 Å². The number of anilines is 1. The van der Waals surface area contributed by atoms with E-state index in [1.165, 1.54) is 20.3 Å². The Hall–Kier alpha value is -1.19. The lowest BCUT2D eigenvalue weighted by Crippen LogP contribution is -1.98. The highest BCUT2D eigenvalue weighted by Gasteiger charge is 2.02. The summed E-state index contributed by atoms with van der Waals surface area (Å²) >= 11 is 3.66. The van der Waals surface area contributed by atoms with Crippen molar-refractivity contribution in [3.05, 3.63) is 58.8 Å². The zero-order chi connectivity index (χ0) is 12.8. The van der Waals surface area contributed by atoms with Crippen molar-refractivity contribution in [2.24, 2.45) is 0 Å². The molecular weight excluding hydrogens is 258 g/mol. The number of nitrogens with one attached hydrogen (secondary N) is 1. The van der Waals surface area contributed by atoms with Crippen LogP contribution in [0.25, 0.3) is 0 Å². The first-order valence-corrected chi connectivity index (χ1v) is 7.71. The Morgan fingerprint density at radius 1 is 1.28 bits per heavy atom. The highest BCUT2D eigenvalue weighted by atomic mass is 32.2. The maximum atomic E-state index is 3.76. The van der Waals surface area contributed by atoms with Gasteiger partial charge in [-0.2, -0.15) is 0 Å². The molecule has 0 spiro atoms. The van der Waals surface area contributed by atoms with E-state index in [1.54, 1.807) is 0 Å². The van der Waals surface area contributed by atoms with E-state index in [-0.39, 0.29) is 0 Å². The summed E-state index contributed by atoms with van der Waals surface area (Å²) in [5.41, 5.74) is 1.20. The number of hydrogen-bond acceptors (Lipinski definition) is 3. The van der Waals surface area contributed by atoms with Crippen LogP contribution < -0.4 is 5.32 Å². The molecule has 1 N–H and O–H groups in total. The second-order valence-electron chi connectivity index (χ2n) is 3.96. The molecule has 0 amide bonds. The maximum Gasteiger partial charge on any atom is 0.0494 e. The molecule has 2 aromatic rings. The van der Waals surface area contributed by atoms with Crippen molar-refractivity contribution in [2.75, 3.05) is 11.1 Å². The number of rotatable bonds is 6. The van der Waals surface area contributed by atoms with Crippen molar-refractivity contribution in [3.63, 3.8) is 0 Å². The van der Waals surface area contributed by atoms with Gasteiger partial charge in [-0.3, -0.25) is 0 Å². The van der Waals surface area contributed by atoms with Crippen LogP contribution in [-0.2, 0) is 6.54 Å². The van der Waals surface area contributed by atoms with Gasteiger partial charge in [0.15, 0.2) is 0 Å². The molecule has 0 radical (unpaired) electrons. The normalized spacial score (nSPS) is 10.3. The van der Waals surface area contributed by atoms with Gasteiger partial charge in [0, 0.05) is 32.6 Å². The second-order valence-corrected chi connectivity index (χ2v) is 6.40. The van der Waals surface area contributed by atoms with Crippen LogP contribution in [0, 0.1) is 6.92 Å². The van der Waals surface area contributed by atoms with Crippen LogP contribution in [0.2, 0.25) is 0 Å². The molecule has 3 heteroatoms. The van der Waals surface area contributed by atoms with E-state index in [1.807, 2.05) is 29.2 Å². The molecule has 1 heterocycles. The second kappa shape index (κ2) is 6.66. The van der Waals surface area contributed by atoms with E-state index in [9.17, 15) is 0 Å². The number of benzene rings is 1. The Morgan fingerprint density at radius 2 is 2.11 bits per heavy atom. The summed E-state index contributed by atoms with van der Waals surface area (Å²) in [6, 6.07) is 12.8. The first-order chi connectivity index (χ1) is 8.79. The van der Waals surface area contributed by atoms with Gasteiger partial charge >= 0.3 is 0 Å². The van der Waals surface area contributed by atoms with Gasteiger partial charge in [0.05, 0.1) is 0 Å². The molecule has 1 aromatic heterocycles. The zero-order valence-electron chi connectivity index (χ0n) is 10.5. The monoisotopic (exact) mass is 275 g/mol. The number of thiophene rings is 1. The molecule has 0 saturated carbocycles. The van der Waals surface area contributed by atoms with Gasteiger partial charge in [0.2, 0.25) is 0 Å². The SMILES string of the molecule is C=CCSc1ccccc1NCc1ccc(C)s1. The predicted molar refractivity (Wildman–Crippen MR) is 83.7 cm³/mol. The molecule has 1 aromatic carbocycles. The largest absolute Gasteiger partial charge is 0.379 e. The highest BCUT2D eigenvalue weighted by Crippen LogP contribution is 2.27. The fourth-order valence-corrected chi connectivity index (χ4v) is 3.25. The van der Waals surface area contributed by atoms with Crippen molar-refractivity contribution >= 4 is 28.8 Å². The molecule has 0 aliphatic carbocycles. The van der Waals surface area contributed by atoms with Crippen molar-refractivity contribution in [3.8, 4) is 0 Å². The Bertz CT molecular complexity index is 517. The minimum atomic E-state index is 0.893. The third-order valence-electron chi connectivity index (χ3n) is 2.49. The van der Waals surface area contributed by atoms with Crippen LogP contribution in [0.1, 0.15) is 9.75 Å². The van der Waals surface area contributed by atoms with Gasteiger partial charge in [-0.1, -0.05) is 18.2 Å². The van der Waals surface area contributed by atoms with E-state index >= 15 is 0 Å². The van der Waals surface area contributed by atoms with Gasteiger partial charge in [0.1, 0.15) is 0 Å². The number of para-hydroxylation sites is 1. The quantitative estimate of drug-likeness (QED) is 0.591. The molecule has 0 aliphatic rings. The number of thioether (sulfide) groups is 1. The first-order valence-electron chi connectivity index (χ1n) is 5.91. The summed E-state index contributed by atoms with van der Waals surface area (Å²) in [5.74, 6) is 0.941. The molecule has 0 bridgehead atoms. The van der Waals surface area contributed by atoms with Crippen LogP contribution >= 0.6 is 23.1 Å². The summed E-state index contributed by atoms with van der Waals surface area (Å²) in [4.78, 5) is 4.02. The summed E-state index contributed by atoms with van der Waals surface area (Å²) in [6.07, 6.45) is 1.93. The average molecular weight is 275 g/mol. The van der Waals surface area contributed by atoms with Crippen LogP contribution in [0.4, 0.5) is 5.69 Å². The van der Waals surface area contributed by atoms with Crippen molar-refractivity contribution in [1.29, 1.82) is 0 Å². The lowest BCUT2D eigenvalue weighted by Gasteiger charge is -2.10. The van der Waals surface area contributed by atoms with Crippen LogP contribution in [0.15, 0.2) is 53.9 Å². The summed E-state index contributed by atoms with van der Waals surface area (Å²) in [6.45, 7) is 6.80. The summed E-state index contributed by atoms with van der Waals surface area (Å²) in [5, 5.41) is 3.51. The van der Waals surface area contributed by atoms with E-state index in [0.717, 1.165) is 12.3 Å². The van der Waals surface area contributed by atoms with Crippen molar-refractivity contribution in [2.45, 2.75) is 18.4 Å². The van der Waals surface area contributed by atoms with E-state index in [0.29, 0.717) is 0 Å². The molecule has 2 rings (SSSR count). The number of aryl methyl sites for hydroxylation is 1. The molecule has 1 nitrogen and oxygen atoms in total. The smallest absolute Gasteiger partial charge is 0.0494 e. The predicted octanol–water partition coefficient (Wildman–Crippen LogP) is 4.95. The van der Waals surface area contributed by atoms with E-state index in [2.05, 4.69) is 55.2 Å². The maximum absolute atomic E-state index is 3.76. The van der Waals surface area contributed by atoms with Crippen LogP contribution in [0.3, 0.4) is 0 Å². The minimum absolute atomic E-state index is 0.893. The molecule has 94 valence electrons. The third kappa shape index (κ3) is 3.65. The zero-order valence-corrected chi connectivity index (χ0v) is 12.1. The fourth-order valence-electron chi connectivity index (χ4n) is 1.65. The molecule has 0 unspecified atom stereocenters. The fraction of sp³-hybridized carbons (Fsp3) is 0.200. The summed E-state index contributed by atoms with van der Waals surface area (Å²) in [7, 11) is 0. The van der Waals surface area contributed by atoms with Gasteiger partial charge in [-0.15, -0.1) is 29.7 Å². The molecule has 0 fully saturated rings. The van der Waals surface area contributed by atoms with E-state index < -0.39 is 0 Å². The van der Waals surface area contributed by atoms with E-state index in [4.69, 9.17) is 0 Å². The van der Waals surface area contributed by atoms with Crippen molar-refractivity contribution < 1.29 is 0 Å². The Kier molecular flexibility index (Phi) is 4.90. The summed E-state index contributed by atoms with van der Waals surface area (Å²) < 4.78 is 0. The van der Waals surface area contributed by atoms with Gasteiger partial charge in [0.25, 0.3) is 0 Å². The van der Waals surface area contributed by atoms with Crippen LogP contribution in [-0.4, -0.2) is 5.75 Å². The van der Waals surface area contributed by atoms with Crippen LogP contribution in [0.5, 0.6) is 0 Å². The Labute approximate surface area is 117 Å². The molecule has 18 heavy (non-hydrogen) atoms. The van der Waals surface area contributed by atoms with Crippen molar-refractivity contribution in [1.82, 2.24) is 0 Å². The number of hydrogen-bond donors (Lipinski definition) is 1. The molecular formula is C15H17NS2. The molecule has 0 atom stereocenters. The van der Waals surface area contributed by atoms with Gasteiger partial charge in [-0.05, 0) is 31.2 Å². The third-order valence-corrected chi connectivity index (χ3v) is 4.56. The lowest BCUT2D eigenvalue weighted by atomic mass is 10.3.